The van der Waals surface area contributed by atoms with E-state index in [1.54, 1.807) is 6.20 Å². The van der Waals surface area contributed by atoms with Crippen molar-refractivity contribution in [2.45, 2.75) is 38.4 Å². The van der Waals surface area contributed by atoms with E-state index in [-0.39, 0.29) is 17.9 Å². The molecule has 0 aliphatic carbocycles. The molecule has 2 aromatic rings. The maximum atomic E-state index is 12.2. The summed E-state index contributed by atoms with van der Waals surface area (Å²) in [5, 5.41) is 45.3. The smallest absolute Gasteiger partial charge is 0.490 e. The van der Waals surface area contributed by atoms with Gasteiger partial charge in [0.05, 0.1) is 23.9 Å². The number of hydrogen-bond donors (Lipinski definition) is 6. The van der Waals surface area contributed by atoms with E-state index in [1.807, 2.05) is 19.1 Å². The molecule has 0 aliphatic rings. The van der Waals surface area contributed by atoms with Gasteiger partial charge >= 0.3 is 23.8 Å². The van der Waals surface area contributed by atoms with Crippen molar-refractivity contribution in [3.8, 4) is 5.75 Å². The van der Waals surface area contributed by atoms with E-state index < -0.39 is 59.4 Å². The first-order chi connectivity index (χ1) is 18.6. The van der Waals surface area contributed by atoms with Crippen LogP contribution in [0.3, 0.4) is 0 Å². The van der Waals surface area contributed by atoms with Crippen LogP contribution in [0.25, 0.3) is 0 Å². The lowest BCUT2D eigenvalue weighted by molar-refractivity contribution is -0.386. The molecule has 2 amide bonds. The second kappa shape index (κ2) is 15.5. The Morgan fingerprint density at radius 1 is 1.12 bits per heavy atom. The van der Waals surface area contributed by atoms with E-state index >= 15 is 0 Å². The number of halogens is 3. The van der Waals surface area contributed by atoms with E-state index in [1.165, 1.54) is 12.1 Å². The Bertz CT molecular complexity index is 1220. The van der Waals surface area contributed by atoms with Crippen LogP contribution in [0.4, 0.5) is 24.7 Å². The van der Waals surface area contributed by atoms with Crippen molar-refractivity contribution in [3.05, 3.63) is 57.8 Å². The fraction of sp³-hybridized carbons (Fsp3) is 0.348. The highest BCUT2D eigenvalue weighted by Gasteiger charge is 2.38. The van der Waals surface area contributed by atoms with E-state index in [0.29, 0.717) is 18.8 Å². The summed E-state index contributed by atoms with van der Waals surface area (Å²) in [5.41, 5.74) is 0.331. The molecule has 0 fully saturated rings. The van der Waals surface area contributed by atoms with Crippen molar-refractivity contribution in [3.63, 3.8) is 0 Å². The zero-order valence-corrected chi connectivity index (χ0v) is 20.9. The van der Waals surface area contributed by atoms with E-state index in [0.717, 1.165) is 11.6 Å². The molecule has 1 aromatic carbocycles. The van der Waals surface area contributed by atoms with Crippen LogP contribution in [0.1, 0.15) is 36.4 Å². The number of aryl methyl sites for hydroxylation is 1. The molecule has 0 spiro atoms. The minimum atomic E-state index is -5.08. The highest BCUT2D eigenvalue weighted by atomic mass is 19.4. The number of rotatable bonds is 12. The van der Waals surface area contributed by atoms with Gasteiger partial charge in [0.2, 0.25) is 11.8 Å². The maximum Gasteiger partial charge on any atom is 0.490 e. The lowest BCUT2D eigenvalue weighted by Gasteiger charge is -2.18. The van der Waals surface area contributed by atoms with E-state index in [4.69, 9.17) is 15.0 Å². The Balaban J connectivity index is 0.00000101. The van der Waals surface area contributed by atoms with Crippen LogP contribution in [0.15, 0.2) is 36.5 Å². The van der Waals surface area contributed by atoms with Crippen LogP contribution < -0.4 is 16.0 Å². The van der Waals surface area contributed by atoms with Crippen LogP contribution in [0, 0.1) is 17.0 Å². The molecule has 17 heteroatoms. The molecule has 0 aliphatic heterocycles. The Morgan fingerprint density at radius 3 is 2.33 bits per heavy atom. The number of aliphatic carboxylic acids is 2. The standard InChI is InChI=1S/C21H25N5O7.C2HF3O2/c1-13-7-9-23-17(10-13)22-8-3-6-18(27)24-12-19(28)25-15(11-20(29)30)14-4-2-5-16(21(14)31)26(32)33;3-2(4,5)1(6)7/h2,4-5,7,9-10,15,31H,3,6,8,11-12H2,1H3,(H,22,23)(H,24,27)(H,25,28)(H,29,30);(H,6,7). The fourth-order valence-corrected chi connectivity index (χ4v) is 3.00. The lowest BCUT2D eigenvalue weighted by atomic mass is 10.0. The van der Waals surface area contributed by atoms with Gasteiger partial charge in [-0.1, -0.05) is 12.1 Å². The summed E-state index contributed by atoms with van der Waals surface area (Å²) in [7, 11) is 0. The molecule has 1 aromatic heterocycles. The van der Waals surface area contributed by atoms with Gasteiger partial charge in [0.25, 0.3) is 0 Å². The predicted octanol–water partition coefficient (Wildman–Crippen LogP) is 2.28. The SMILES string of the molecule is Cc1ccnc(NCCCC(=O)NCC(=O)NC(CC(=O)O)c2cccc([N+](=O)[O-])c2O)c1.O=C(O)C(F)(F)F. The summed E-state index contributed by atoms with van der Waals surface area (Å²) < 4.78 is 31.7. The number of carboxylic acids is 2. The predicted molar refractivity (Wildman–Crippen MR) is 131 cm³/mol. The number of nitro groups is 1. The van der Waals surface area contributed by atoms with Crippen molar-refractivity contribution in [1.82, 2.24) is 15.6 Å². The van der Waals surface area contributed by atoms with E-state index in [9.17, 15) is 42.8 Å². The first kappa shape index (κ1) is 33.1. The molecule has 1 heterocycles. The molecule has 218 valence electrons. The lowest BCUT2D eigenvalue weighted by Crippen LogP contribution is -2.39. The van der Waals surface area contributed by atoms with Crippen molar-refractivity contribution >= 4 is 35.3 Å². The number of hydrogen-bond acceptors (Lipinski definition) is 9. The number of alkyl halides is 3. The van der Waals surface area contributed by atoms with Gasteiger partial charge in [-0.05, 0) is 31.0 Å². The summed E-state index contributed by atoms with van der Waals surface area (Å²) in [5.74, 6) is -5.16. The number of aromatic nitrogens is 1. The Kier molecular flexibility index (Phi) is 12.8. The number of nitrogens with one attached hydrogen (secondary N) is 3. The third-order valence-electron chi connectivity index (χ3n) is 4.82. The summed E-state index contributed by atoms with van der Waals surface area (Å²) >= 11 is 0. The number of pyridine rings is 1. The number of nitro benzene ring substituents is 1. The number of phenols is 1. The van der Waals surface area contributed by atoms with Gasteiger partial charge in [0.1, 0.15) is 5.82 Å². The third kappa shape index (κ3) is 12.1. The molecule has 0 saturated heterocycles. The zero-order chi connectivity index (χ0) is 30.5. The van der Waals surface area contributed by atoms with Gasteiger partial charge < -0.3 is 31.3 Å². The van der Waals surface area contributed by atoms with E-state index in [2.05, 4.69) is 20.9 Å². The average molecular weight is 573 g/mol. The molecule has 2 rings (SSSR count). The summed E-state index contributed by atoms with van der Waals surface area (Å²) in [6.07, 6.45) is -3.39. The number of para-hydroxylation sites is 1. The van der Waals surface area contributed by atoms with Crippen LogP contribution in [-0.2, 0) is 19.2 Å². The second-order valence-electron chi connectivity index (χ2n) is 8.02. The number of carbonyl (C=O) groups is 4. The first-order valence-electron chi connectivity index (χ1n) is 11.3. The number of benzene rings is 1. The number of aromatic hydroxyl groups is 1. The average Bonchev–Trinajstić information content (AvgIpc) is 2.84. The summed E-state index contributed by atoms with van der Waals surface area (Å²) in [6.45, 7) is 2.02. The monoisotopic (exact) mass is 573 g/mol. The number of carboxylic acid groups (broad SMARTS) is 2. The second-order valence-corrected chi connectivity index (χ2v) is 8.02. The first-order valence-corrected chi connectivity index (χ1v) is 11.3. The number of anilines is 1. The van der Waals surface area contributed by atoms with Crippen molar-refractivity contribution in [2.75, 3.05) is 18.4 Å². The molecule has 40 heavy (non-hydrogen) atoms. The largest absolute Gasteiger partial charge is 0.502 e. The van der Waals surface area contributed by atoms with Gasteiger partial charge in [-0.15, -0.1) is 0 Å². The van der Waals surface area contributed by atoms with Gasteiger partial charge in [-0.3, -0.25) is 24.5 Å². The molecule has 1 atom stereocenters. The fourth-order valence-electron chi connectivity index (χ4n) is 3.00. The Hall–Kier alpha value is -4.96. The number of nitrogens with zero attached hydrogens (tertiary/aromatic N) is 2. The molecular formula is C23H26F3N5O9. The topological polar surface area (TPSA) is 221 Å². The number of phenolic OH excluding ortho intramolecular Hbond substituents is 1. The van der Waals surface area contributed by atoms with Gasteiger partial charge in [-0.25, -0.2) is 9.78 Å². The highest BCUT2D eigenvalue weighted by Crippen LogP contribution is 2.34. The quantitative estimate of drug-likeness (QED) is 0.123. The van der Waals surface area contributed by atoms with Crippen molar-refractivity contribution in [1.29, 1.82) is 0 Å². The number of amides is 2. The zero-order valence-electron chi connectivity index (χ0n) is 20.9. The van der Waals surface area contributed by atoms with Crippen molar-refractivity contribution in [2.24, 2.45) is 0 Å². The molecule has 0 radical (unpaired) electrons. The maximum absolute atomic E-state index is 12.2. The molecule has 14 nitrogen and oxygen atoms in total. The molecule has 0 saturated carbocycles. The Morgan fingerprint density at radius 2 is 1.77 bits per heavy atom. The highest BCUT2D eigenvalue weighted by molar-refractivity contribution is 5.85. The van der Waals surface area contributed by atoms with Crippen LogP contribution >= 0.6 is 0 Å². The number of carbonyl (C=O) groups excluding carboxylic acids is 2. The van der Waals surface area contributed by atoms with Crippen LogP contribution in [0.2, 0.25) is 0 Å². The van der Waals surface area contributed by atoms with Crippen LogP contribution in [-0.4, -0.2) is 68.2 Å². The molecule has 0 bridgehead atoms. The summed E-state index contributed by atoms with van der Waals surface area (Å²) in [4.78, 5) is 58.6. The minimum Gasteiger partial charge on any atom is -0.502 e. The molecule has 1 unspecified atom stereocenters. The molecule has 6 N–H and O–H groups in total. The summed E-state index contributed by atoms with van der Waals surface area (Å²) in [6, 6.07) is 6.13. The Labute approximate surface area is 224 Å². The minimum absolute atomic E-state index is 0.109. The third-order valence-corrected chi connectivity index (χ3v) is 4.82. The van der Waals surface area contributed by atoms with Gasteiger partial charge in [0.15, 0.2) is 5.75 Å². The van der Waals surface area contributed by atoms with Crippen LogP contribution in [0.5, 0.6) is 5.75 Å². The van der Waals surface area contributed by atoms with Crippen molar-refractivity contribution < 1.29 is 52.6 Å². The molecular weight excluding hydrogens is 547 g/mol. The van der Waals surface area contributed by atoms with Gasteiger partial charge in [-0.2, -0.15) is 13.2 Å². The van der Waals surface area contributed by atoms with Gasteiger partial charge in [0, 0.05) is 30.8 Å². The normalized spacial score (nSPS) is 11.3.